The van der Waals surface area contributed by atoms with Crippen LogP contribution in [0.15, 0.2) is 29.2 Å². The van der Waals surface area contributed by atoms with E-state index < -0.39 is 10.0 Å². The Morgan fingerprint density at radius 3 is 2.61 bits per heavy atom. The van der Waals surface area contributed by atoms with Gasteiger partial charge in [-0.1, -0.05) is 12.1 Å². The topological polar surface area (TPSA) is 95.4 Å². The molecule has 0 saturated heterocycles. The van der Waals surface area contributed by atoms with Gasteiger partial charge in [-0.3, -0.25) is 0 Å². The number of nitrogens with two attached hydrogens (primary N) is 2. The van der Waals surface area contributed by atoms with E-state index in [1.165, 1.54) is 6.07 Å². The van der Waals surface area contributed by atoms with E-state index in [1.54, 1.807) is 18.2 Å². The van der Waals surface area contributed by atoms with Crippen molar-refractivity contribution < 1.29 is 13.2 Å². The van der Waals surface area contributed by atoms with Gasteiger partial charge < -0.3 is 10.5 Å². The van der Waals surface area contributed by atoms with Crippen molar-refractivity contribution in [3.8, 4) is 5.75 Å². The van der Waals surface area contributed by atoms with Gasteiger partial charge in [-0.25, -0.2) is 13.6 Å². The normalized spacial score (nSPS) is 24.8. The van der Waals surface area contributed by atoms with Crippen molar-refractivity contribution in [2.45, 2.75) is 42.7 Å². The molecule has 6 heteroatoms. The summed E-state index contributed by atoms with van der Waals surface area (Å²) in [4.78, 5) is 0.0316. The van der Waals surface area contributed by atoms with Gasteiger partial charge in [-0.2, -0.15) is 0 Å². The molecule has 0 heterocycles. The molecule has 4 N–H and O–H groups in total. The second kappa shape index (κ2) is 5.26. The summed E-state index contributed by atoms with van der Waals surface area (Å²) >= 11 is 0. The maximum absolute atomic E-state index is 11.4. The minimum absolute atomic E-state index is 0.0309. The third-order valence-corrected chi connectivity index (χ3v) is 4.07. The van der Waals surface area contributed by atoms with Crippen LogP contribution in [-0.2, 0) is 10.0 Å². The number of primary sulfonamides is 1. The van der Waals surface area contributed by atoms with Crippen molar-refractivity contribution in [1.29, 1.82) is 0 Å². The van der Waals surface area contributed by atoms with Gasteiger partial charge >= 0.3 is 0 Å². The van der Waals surface area contributed by atoms with Crippen molar-refractivity contribution in [3.05, 3.63) is 24.3 Å². The predicted molar refractivity (Wildman–Crippen MR) is 68.7 cm³/mol. The zero-order valence-electron chi connectivity index (χ0n) is 10.1. The number of ether oxygens (including phenoxy) is 1. The molecule has 0 radical (unpaired) electrons. The number of hydrogen-bond donors (Lipinski definition) is 2. The molecule has 1 aromatic rings. The van der Waals surface area contributed by atoms with E-state index in [-0.39, 0.29) is 17.0 Å². The molecule has 100 valence electrons. The molecule has 2 rings (SSSR count). The third kappa shape index (κ3) is 3.22. The summed E-state index contributed by atoms with van der Waals surface area (Å²) in [5.74, 6) is 0.319. The minimum atomic E-state index is -3.75. The van der Waals surface area contributed by atoms with Crippen molar-refractivity contribution in [2.24, 2.45) is 10.9 Å². The van der Waals surface area contributed by atoms with Crippen LogP contribution in [0.2, 0.25) is 0 Å². The Balaban J connectivity index is 2.19. The third-order valence-electron chi connectivity index (χ3n) is 3.12. The fraction of sp³-hybridized carbons (Fsp3) is 0.500. The monoisotopic (exact) mass is 270 g/mol. The second-order valence-corrected chi connectivity index (χ2v) is 6.19. The van der Waals surface area contributed by atoms with Crippen LogP contribution in [-0.4, -0.2) is 20.6 Å². The van der Waals surface area contributed by atoms with Crippen LogP contribution in [0.5, 0.6) is 5.75 Å². The van der Waals surface area contributed by atoms with Gasteiger partial charge in [0.1, 0.15) is 16.7 Å². The lowest BCUT2D eigenvalue weighted by atomic mass is 9.93. The summed E-state index contributed by atoms with van der Waals surface area (Å²) < 4.78 is 28.6. The van der Waals surface area contributed by atoms with Crippen LogP contribution in [0.25, 0.3) is 0 Å². The summed E-state index contributed by atoms with van der Waals surface area (Å²) in [7, 11) is -3.75. The zero-order valence-corrected chi connectivity index (χ0v) is 10.9. The molecule has 0 aromatic heterocycles. The smallest absolute Gasteiger partial charge is 0.241 e. The molecule has 5 nitrogen and oxygen atoms in total. The van der Waals surface area contributed by atoms with Crippen molar-refractivity contribution in [2.75, 3.05) is 0 Å². The van der Waals surface area contributed by atoms with Gasteiger partial charge in [0.2, 0.25) is 10.0 Å². The number of benzene rings is 1. The highest BCUT2D eigenvalue weighted by molar-refractivity contribution is 7.89. The average molecular weight is 270 g/mol. The standard InChI is InChI=1S/C12H18N2O3S/c13-9-4-3-5-10(8-9)17-11-6-1-2-7-12(11)18(14,15)16/h1-2,6-7,9-10H,3-5,8,13H2,(H2,14,15,16). The molecule has 1 saturated carbocycles. The largest absolute Gasteiger partial charge is 0.489 e. The first-order valence-corrected chi connectivity index (χ1v) is 7.55. The van der Waals surface area contributed by atoms with E-state index in [0.29, 0.717) is 5.75 Å². The Morgan fingerprint density at radius 2 is 1.94 bits per heavy atom. The first kappa shape index (κ1) is 13.3. The maximum atomic E-state index is 11.4. The van der Waals surface area contributed by atoms with Gasteiger partial charge in [-0.05, 0) is 37.8 Å². The first-order chi connectivity index (χ1) is 8.47. The highest BCUT2D eigenvalue weighted by atomic mass is 32.2. The van der Waals surface area contributed by atoms with E-state index in [2.05, 4.69) is 0 Å². The molecule has 0 spiro atoms. The van der Waals surface area contributed by atoms with Gasteiger partial charge in [0, 0.05) is 6.04 Å². The van der Waals surface area contributed by atoms with Crippen LogP contribution >= 0.6 is 0 Å². The van der Waals surface area contributed by atoms with Gasteiger partial charge in [0.25, 0.3) is 0 Å². The lowest BCUT2D eigenvalue weighted by Gasteiger charge is -2.27. The summed E-state index contributed by atoms with van der Waals surface area (Å²) in [6.07, 6.45) is 3.61. The first-order valence-electron chi connectivity index (χ1n) is 6.01. The zero-order chi connectivity index (χ0) is 13.2. The summed E-state index contributed by atoms with van der Waals surface area (Å²) in [5, 5.41) is 5.16. The van der Waals surface area contributed by atoms with Crippen molar-refractivity contribution >= 4 is 10.0 Å². The lowest BCUT2D eigenvalue weighted by Crippen LogP contribution is -2.34. The molecule has 0 aliphatic heterocycles. The van der Waals surface area contributed by atoms with E-state index >= 15 is 0 Å². The second-order valence-electron chi connectivity index (χ2n) is 4.66. The fourth-order valence-corrected chi connectivity index (χ4v) is 2.92. The Labute approximate surface area is 107 Å². The minimum Gasteiger partial charge on any atom is -0.489 e. The SMILES string of the molecule is NC1CCCC(Oc2ccccc2S(N)(=O)=O)C1. The molecule has 0 amide bonds. The Bertz CT molecular complexity index is 516. The number of rotatable bonds is 3. The number of hydrogen-bond acceptors (Lipinski definition) is 4. The number of para-hydroxylation sites is 1. The fourth-order valence-electron chi connectivity index (χ4n) is 2.25. The Hall–Kier alpha value is -1.11. The van der Waals surface area contributed by atoms with Crippen LogP contribution in [0.3, 0.4) is 0 Å². The van der Waals surface area contributed by atoms with Crippen LogP contribution < -0.4 is 15.6 Å². The Kier molecular flexibility index (Phi) is 3.89. The van der Waals surface area contributed by atoms with Gasteiger partial charge in [0.05, 0.1) is 0 Å². The van der Waals surface area contributed by atoms with Crippen molar-refractivity contribution in [3.63, 3.8) is 0 Å². The maximum Gasteiger partial charge on any atom is 0.241 e. The molecule has 0 bridgehead atoms. The Morgan fingerprint density at radius 1 is 1.22 bits per heavy atom. The number of sulfonamides is 1. The molecule has 2 atom stereocenters. The molecule has 2 unspecified atom stereocenters. The molecule has 1 fully saturated rings. The highest BCUT2D eigenvalue weighted by Crippen LogP contribution is 2.27. The van der Waals surface area contributed by atoms with Gasteiger partial charge in [-0.15, -0.1) is 0 Å². The van der Waals surface area contributed by atoms with Crippen LogP contribution in [0, 0.1) is 0 Å². The van der Waals surface area contributed by atoms with E-state index in [1.807, 2.05) is 0 Å². The summed E-state index contributed by atoms with van der Waals surface area (Å²) in [5.41, 5.74) is 5.88. The quantitative estimate of drug-likeness (QED) is 0.856. The molecule has 1 aliphatic carbocycles. The molecular formula is C12H18N2O3S. The summed E-state index contributed by atoms with van der Waals surface area (Å²) in [6, 6.07) is 6.56. The van der Waals surface area contributed by atoms with E-state index in [4.69, 9.17) is 15.6 Å². The predicted octanol–water partition coefficient (Wildman–Crippen LogP) is 0.983. The average Bonchev–Trinajstić information content (AvgIpc) is 2.28. The van der Waals surface area contributed by atoms with Gasteiger partial charge in [0.15, 0.2) is 0 Å². The summed E-state index contributed by atoms with van der Waals surface area (Å²) in [6.45, 7) is 0. The van der Waals surface area contributed by atoms with Crippen LogP contribution in [0.1, 0.15) is 25.7 Å². The molecule has 1 aliphatic rings. The molecule has 18 heavy (non-hydrogen) atoms. The molecular weight excluding hydrogens is 252 g/mol. The lowest BCUT2D eigenvalue weighted by molar-refractivity contribution is 0.141. The van der Waals surface area contributed by atoms with Crippen LogP contribution in [0.4, 0.5) is 0 Å². The van der Waals surface area contributed by atoms with Crippen molar-refractivity contribution in [1.82, 2.24) is 0 Å². The highest BCUT2D eigenvalue weighted by Gasteiger charge is 2.23. The van der Waals surface area contributed by atoms with E-state index in [9.17, 15) is 8.42 Å². The molecule has 1 aromatic carbocycles. The van der Waals surface area contributed by atoms with E-state index in [0.717, 1.165) is 25.7 Å².